The Kier molecular flexibility index (Phi) is 6.13. The van der Waals surface area contributed by atoms with E-state index in [0.29, 0.717) is 43.0 Å². The molecule has 3 N–H and O–H groups in total. The lowest BCUT2D eigenvalue weighted by Crippen LogP contribution is -2.41. The predicted molar refractivity (Wildman–Crippen MR) is 116 cm³/mol. The Morgan fingerprint density at radius 2 is 1.91 bits per heavy atom. The van der Waals surface area contributed by atoms with Gasteiger partial charge in [-0.2, -0.15) is 10.2 Å². The molecule has 1 atom stereocenters. The summed E-state index contributed by atoms with van der Waals surface area (Å²) < 4.78 is 40.6. The van der Waals surface area contributed by atoms with Gasteiger partial charge < -0.3 is 16.0 Å². The van der Waals surface area contributed by atoms with Crippen LogP contribution in [0.1, 0.15) is 18.4 Å². The zero-order chi connectivity index (χ0) is 23.5. The maximum atomic E-state index is 14.1. The van der Waals surface area contributed by atoms with Crippen LogP contribution in [-0.2, 0) is 4.79 Å². The minimum absolute atomic E-state index is 0.0133. The van der Waals surface area contributed by atoms with Crippen molar-refractivity contribution in [1.29, 1.82) is 5.26 Å². The van der Waals surface area contributed by atoms with E-state index in [9.17, 15) is 18.0 Å². The van der Waals surface area contributed by atoms with E-state index in [2.05, 4.69) is 15.3 Å². The van der Waals surface area contributed by atoms with Crippen molar-refractivity contribution in [2.24, 2.45) is 5.92 Å². The van der Waals surface area contributed by atoms with Crippen LogP contribution >= 0.6 is 0 Å². The average Bonchev–Trinajstić information content (AvgIpc) is 2.81. The van der Waals surface area contributed by atoms with E-state index in [1.165, 1.54) is 18.2 Å². The highest BCUT2D eigenvalue weighted by Gasteiger charge is 2.27. The highest BCUT2D eigenvalue weighted by atomic mass is 19.2. The number of benzene rings is 2. The third-order valence-electron chi connectivity index (χ3n) is 5.42. The summed E-state index contributed by atoms with van der Waals surface area (Å²) in [5, 5.41) is 11.5. The van der Waals surface area contributed by atoms with E-state index in [1.807, 2.05) is 4.90 Å². The number of anilines is 3. The summed E-state index contributed by atoms with van der Waals surface area (Å²) in [7, 11) is 0. The zero-order valence-corrected chi connectivity index (χ0v) is 17.4. The average molecular weight is 452 g/mol. The smallest absolute Gasteiger partial charge is 0.229 e. The number of aromatic nitrogens is 2. The molecular weight excluding hydrogens is 433 g/mol. The number of hydrogen-bond acceptors (Lipinski definition) is 6. The number of nitrogen functional groups attached to an aromatic ring is 1. The highest BCUT2D eigenvalue weighted by Crippen LogP contribution is 2.28. The Morgan fingerprint density at radius 1 is 1.09 bits per heavy atom. The molecule has 0 spiro atoms. The number of carbonyl (C=O) groups is 1. The second-order valence-electron chi connectivity index (χ2n) is 7.68. The van der Waals surface area contributed by atoms with Crippen molar-refractivity contribution < 1.29 is 18.0 Å². The quantitative estimate of drug-likeness (QED) is 0.622. The van der Waals surface area contributed by atoms with Crippen molar-refractivity contribution in [2.45, 2.75) is 12.8 Å². The molecule has 0 bridgehead atoms. The van der Waals surface area contributed by atoms with Gasteiger partial charge in [0.15, 0.2) is 11.6 Å². The van der Waals surface area contributed by atoms with Crippen LogP contribution in [0.4, 0.5) is 30.6 Å². The topological polar surface area (TPSA) is 108 Å². The van der Waals surface area contributed by atoms with E-state index in [4.69, 9.17) is 11.0 Å². The molecule has 7 nitrogen and oxygen atoms in total. The summed E-state index contributed by atoms with van der Waals surface area (Å²) in [5.74, 6) is -2.97. The Morgan fingerprint density at radius 3 is 2.64 bits per heavy atom. The molecule has 0 radical (unpaired) electrons. The van der Waals surface area contributed by atoms with E-state index >= 15 is 0 Å². The number of amides is 1. The first kappa shape index (κ1) is 22.1. The lowest BCUT2D eigenvalue weighted by molar-refractivity contribution is -0.120. The summed E-state index contributed by atoms with van der Waals surface area (Å²) in [5.41, 5.74) is 6.80. The first-order valence-corrected chi connectivity index (χ1v) is 10.2. The van der Waals surface area contributed by atoms with Crippen LogP contribution in [0.25, 0.3) is 11.3 Å². The van der Waals surface area contributed by atoms with Crippen LogP contribution < -0.4 is 16.0 Å². The van der Waals surface area contributed by atoms with E-state index in [0.717, 1.165) is 12.1 Å². The third-order valence-corrected chi connectivity index (χ3v) is 5.42. The molecule has 2 aromatic carbocycles. The molecule has 33 heavy (non-hydrogen) atoms. The lowest BCUT2D eigenvalue weighted by Gasteiger charge is -2.33. The SMILES string of the molecule is N#Cc1ccc(-c2cc(N3CCCC(C(=O)Nc4ccc(F)c(F)c4)C3)nc(N)n2)cc1F. The third kappa shape index (κ3) is 4.87. The van der Waals surface area contributed by atoms with Crippen molar-refractivity contribution in [2.75, 3.05) is 29.0 Å². The molecule has 0 saturated carbocycles. The Balaban J connectivity index is 1.53. The second-order valence-corrected chi connectivity index (χ2v) is 7.68. The summed E-state index contributed by atoms with van der Waals surface area (Å²) in [4.78, 5) is 23.0. The Bertz CT molecular complexity index is 1260. The molecule has 1 saturated heterocycles. The summed E-state index contributed by atoms with van der Waals surface area (Å²) >= 11 is 0. The number of nitriles is 1. The number of nitrogens with zero attached hydrogens (tertiary/aromatic N) is 4. The van der Waals surface area contributed by atoms with E-state index in [1.54, 1.807) is 18.2 Å². The van der Waals surface area contributed by atoms with Crippen LogP contribution in [0.15, 0.2) is 42.5 Å². The molecule has 1 amide bonds. The molecule has 4 rings (SSSR count). The fourth-order valence-corrected chi connectivity index (χ4v) is 3.75. The molecule has 2 heterocycles. The molecule has 3 aromatic rings. The summed E-state index contributed by atoms with van der Waals surface area (Å²) in [6.07, 6.45) is 1.31. The van der Waals surface area contributed by atoms with Crippen LogP contribution in [0.5, 0.6) is 0 Å². The van der Waals surface area contributed by atoms with E-state index < -0.39 is 23.4 Å². The van der Waals surface area contributed by atoms with E-state index in [-0.39, 0.29) is 23.1 Å². The first-order chi connectivity index (χ1) is 15.8. The zero-order valence-electron chi connectivity index (χ0n) is 17.4. The van der Waals surface area contributed by atoms with Gasteiger partial charge in [-0.3, -0.25) is 4.79 Å². The number of rotatable bonds is 4. The number of nitrogens with two attached hydrogens (primary N) is 1. The normalized spacial score (nSPS) is 15.7. The highest BCUT2D eigenvalue weighted by molar-refractivity contribution is 5.93. The molecule has 1 aliphatic rings. The Hall–Kier alpha value is -4.13. The van der Waals surface area contributed by atoms with Crippen molar-refractivity contribution in [1.82, 2.24) is 9.97 Å². The van der Waals surface area contributed by atoms with Crippen molar-refractivity contribution in [3.8, 4) is 17.3 Å². The van der Waals surface area contributed by atoms with Crippen molar-refractivity contribution in [3.05, 3.63) is 65.5 Å². The second kappa shape index (κ2) is 9.16. The minimum Gasteiger partial charge on any atom is -0.368 e. The fraction of sp³-hybridized carbons (Fsp3) is 0.217. The van der Waals surface area contributed by atoms with Gasteiger partial charge in [0.2, 0.25) is 11.9 Å². The van der Waals surface area contributed by atoms with Gasteiger partial charge in [-0.1, -0.05) is 6.07 Å². The van der Waals surface area contributed by atoms with Gasteiger partial charge in [-0.05, 0) is 37.1 Å². The monoisotopic (exact) mass is 452 g/mol. The number of hydrogen-bond donors (Lipinski definition) is 2. The van der Waals surface area contributed by atoms with Crippen LogP contribution in [0.2, 0.25) is 0 Å². The van der Waals surface area contributed by atoms with Gasteiger partial charge >= 0.3 is 0 Å². The minimum atomic E-state index is -1.04. The largest absolute Gasteiger partial charge is 0.368 e. The van der Waals surface area contributed by atoms with Gasteiger partial charge in [0, 0.05) is 36.5 Å². The van der Waals surface area contributed by atoms with Gasteiger partial charge in [-0.25, -0.2) is 18.2 Å². The standard InChI is InChI=1S/C23H19F3N6O/c24-17-6-5-16(9-19(17)26)29-22(33)15-2-1-7-32(12-15)21-10-20(30-23(28)31-21)13-3-4-14(11-27)18(25)8-13/h3-6,8-10,15H,1-2,7,12H2,(H,29,33)(H2,28,30,31). The molecule has 10 heteroatoms. The fourth-order valence-electron chi connectivity index (χ4n) is 3.75. The van der Waals surface area contributed by atoms with Crippen molar-refractivity contribution in [3.63, 3.8) is 0 Å². The number of carbonyl (C=O) groups excluding carboxylic acids is 1. The molecule has 0 aliphatic carbocycles. The molecular formula is C23H19F3N6O. The van der Waals surface area contributed by atoms with Gasteiger partial charge in [0.05, 0.1) is 17.2 Å². The molecule has 1 aliphatic heterocycles. The number of piperidine rings is 1. The maximum absolute atomic E-state index is 14.1. The summed E-state index contributed by atoms with van der Waals surface area (Å²) in [6.45, 7) is 0.944. The Labute approximate surface area is 187 Å². The number of halogens is 3. The van der Waals surface area contributed by atoms with Gasteiger partial charge in [0.1, 0.15) is 17.7 Å². The first-order valence-electron chi connectivity index (χ1n) is 10.2. The van der Waals surface area contributed by atoms with Crippen molar-refractivity contribution >= 4 is 23.4 Å². The van der Waals surface area contributed by atoms with Gasteiger partial charge in [0.25, 0.3) is 0 Å². The van der Waals surface area contributed by atoms with Crippen LogP contribution in [-0.4, -0.2) is 29.0 Å². The molecule has 1 aromatic heterocycles. The van der Waals surface area contributed by atoms with Gasteiger partial charge in [-0.15, -0.1) is 0 Å². The predicted octanol–water partition coefficient (Wildman–Crippen LogP) is 3.87. The maximum Gasteiger partial charge on any atom is 0.229 e. The molecule has 1 unspecified atom stereocenters. The number of nitrogens with one attached hydrogen (secondary N) is 1. The molecule has 1 fully saturated rings. The lowest BCUT2D eigenvalue weighted by atomic mass is 9.97. The van der Waals surface area contributed by atoms with Crippen LogP contribution in [0.3, 0.4) is 0 Å². The summed E-state index contributed by atoms with van der Waals surface area (Å²) in [6, 6.07) is 10.7. The van der Waals surface area contributed by atoms with Crippen LogP contribution in [0, 0.1) is 34.7 Å². The molecule has 168 valence electrons.